The van der Waals surface area contributed by atoms with Crippen LogP contribution >= 0.6 is 15.9 Å². The molecule has 0 bridgehead atoms. The number of para-hydroxylation sites is 1. The Bertz CT molecular complexity index is 543. The summed E-state index contributed by atoms with van der Waals surface area (Å²) in [6, 6.07) is 12.1. The van der Waals surface area contributed by atoms with E-state index in [9.17, 15) is 4.39 Å². The highest BCUT2D eigenvalue weighted by Gasteiger charge is 2.11. The van der Waals surface area contributed by atoms with Gasteiger partial charge in [0.1, 0.15) is 5.82 Å². The van der Waals surface area contributed by atoms with Crippen molar-refractivity contribution < 1.29 is 4.39 Å². The van der Waals surface area contributed by atoms with Gasteiger partial charge in [0.2, 0.25) is 0 Å². The van der Waals surface area contributed by atoms with Crippen molar-refractivity contribution in [2.45, 2.75) is 0 Å². The Labute approximate surface area is 108 Å². The van der Waals surface area contributed by atoms with Crippen LogP contribution in [0.15, 0.2) is 46.9 Å². The molecule has 4 heteroatoms. The molecule has 2 aromatic rings. The minimum absolute atomic E-state index is 0.269. The molecule has 88 valence electrons. The van der Waals surface area contributed by atoms with Crippen molar-refractivity contribution in [3.8, 4) is 0 Å². The second kappa shape index (κ2) is 4.75. The first-order valence-electron chi connectivity index (χ1n) is 5.13. The fourth-order valence-electron chi connectivity index (χ4n) is 1.66. The highest BCUT2D eigenvalue weighted by atomic mass is 79.9. The SMILES string of the molecule is CN(c1cc(Br)ccc1N)c1ccccc1F. The van der Waals surface area contributed by atoms with Crippen LogP contribution in [-0.4, -0.2) is 7.05 Å². The van der Waals surface area contributed by atoms with Gasteiger partial charge >= 0.3 is 0 Å². The van der Waals surface area contributed by atoms with Crippen LogP contribution in [0, 0.1) is 5.82 Å². The summed E-state index contributed by atoms with van der Waals surface area (Å²) in [5.74, 6) is -0.269. The summed E-state index contributed by atoms with van der Waals surface area (Å²) in [5, 5.41) is 0. The summed E-state index contributed by atoms with van der Waals surface area (Å²) in [5.41, 5.74) is 7.77. The average molecular weight is 295 g/mol. The van der Waals surface area contributed by atoms with Crippen LogP contribution < -0.4 is 10.6 Å². The first kappa shape index (κ1) is 11.9. The summed E-state index contributed by atoms with van der Waals surface area (Å²) >= 11 is 3.38. The summed E-state index contributed by atoms with van der Waals surface area (Å²) in [6.45, 7) is 0. The predicted molar refractivity (Wildman–Crippen MR) is 73.0 cm³/mol. The third-order valence-electron chi connectivity index (χ3n) is 2.57. The van der Waals surface area contributed by atoms with Gasteiger partial charge in [-0.05, 0) is 30.3 Å². The molecule has 0 saturated heterocycles. The van der Waals surface area contributed by atoms with E-state index >= 15 is 0 Å². The zero-order chi connectivity index (χ0) is 12.4. The number of halogens is 2. The molecule has 17 heavy (non-hydrogen) atoms. The standard InChI is InChI=1S/C13H12BrFN2/c1-17(12-5-3-2-4-10(12)15)13-8-9(14)6-7-11(13)16/h2-8H,16H2,1H3. The molecule has 2 aromatic carbocycles. The molecule has 0 aliphatic heterocycles. The minimum atomic E-state index is -0.269. The molecule has 0 fully saturated rings. The molecule has 0 radical (unpaired) electrons. The van der Waals surface area contributed by atoms with Gasteiger partial charge in [-0.1, -0.05) is 28.1 Å². The molecule has 0 aliphatic carbocycles. The van der Waals surface area contributed by atoms with E-state index in [0.29, 0.717) is 11.4 Å². The zero-order valence-corrected chi connectivity index (χ0v) is 10.9. The van der Waals surface area contributed by atoms with Crippen molar-refractivity contribution >= 4 is 33.0 Å². The number of nitrogens with zero attached hydrogens (tertiary/aromatic N) is 1. The first-order chi connectivity index (χ1) is 8.09. The molecule has 0 heterocycles. The number of hydrogen-bond acceptors (Lipinski definition) is 2. The fourth-order valence-corrected chi connectivity index (χ4v) is 2.01. The van der Waals surface area contributed by atoms with E-state index in [2.05, 4.69) is 15.9 Å². The molecule has 2 rings (SSSR count). The summed E-state index contributed by atoms with van der Waals surface area (Å²) < 4.78 is 14.6. The highest BCUT2D eigenvalue weighted by Crippen LogP contribution is 2.32. The summed E-state index contributed by atoms with van der Waals surface area (Å²) in [7, 11) is 1.79. The van der Waals surface area contributed by atoms with Gasteiger partial charge in [0.05, 0.1) is 17.1 Å². The zero-order valence-electron chi connectivity index (χ0n) is 9.32. The predicted octanol–water partition coefficient (Wildman–Crippen LogP) is 3.94. The van der Waals surface area contributed by atoms with Crippen LogP contribution in [0.2, 0.25) is 0 Å². The normalized spacial score (nSPS) is 10.3. The van der Waals surface area contributed by atoms with Gasteiger partial charge in [-0.2, -0.15) is 0 Å². The highest BCUT2D eigenvalue weighted by molar-refractivity contribution is 9.10. The molecular weight excluding hydrogens is 283 g/mol. The molecule has 0 aromatic heterocycles. The molecule has 0 atom stereocenters. The quantitative estimate of drug-likeness (QED) is 0.850. The van der Waals surface area contributed by atoms with Gasteiger partial charge in [-0.25, -0.2) is 4.39 Å². The first-order valence-corrected chi connectivity index (χ1v) is 5.92. The van der Waals surface area contributed by atoms with E-state index in [4.69, 9.17) is 5.73 Å². The van der Waals surface area contributed by atoms with E-state index in [-0.39, 0.29) is 5.82 Å². The van der Waals surface area contributed by atoms with E-state index < -0.39 is 0 Å². The van der Waals surface area contributed by atoms with Crippen molar-refractivity contribution in [3.05, 3.63) is 52.8 Å². The maximum absolute atomic E-state index is 13.7. The lowest BCUT2D eigenvalue weighted by molar-refractivity contribution is 0.627. The van der Waals surface area contributed by atoms with Gasteiger partial charge < -0.3 is 10.6 Å². The summed E-state index contributed by atoms with van der Waals surface area (Å²) in [4.78, 5) is 1.73. The van der Waals surface area contributed by atoms with Gasteiger partial charge in [0.15, 0.2) is 0 Å². The Morgan fingerprint density at radius 3 is 2.53 bits per heavy atom. The molecule has 0 unspecified atom stereocenters. The van der Waals surface area contributed by atoms with Gasteiger partial charge in [-0.3, -0.25) is 0 Å². The van der Waals surface area contributed by atoms with E-state index in [0.717, 1.165) is 10.2 Å². The van der Waals surface area contributed by atoms with Gasteiger partial charge in [-0.15, -0.1) is 0 Å². The van der Waals surface area contributed by atoms with Crippen molar-refractivity contribution in [1.29, 1.82) is 0 Å². The molecule has 0 amide bonds. The summed E-state index contributed by atoms with van der Waals surface area (Å²) in [6.07, 6.45) is 0. The number of rotatable bonds is 2. The van der Waals surface area contributed by atoms with Gasteiger partial charge in [0.25, 0.3) is 0 Å². The maximum atomic E-state index is 13.7. The lowest BCUT2D eigenvalue weighted by atomic mass is 10.2. The van der Waals surface area contributed by atoms with Crippen LogP contribution in [0.25, 0.3) is 0 Å². The van der Waals surface area contributed by atoms with Crippen LogP contribution in [0.3, 0.4) is 0 Å². The Hall–Kier alpha value is -1.55. The molecule has 0 spiro atoms. The van der Waals surface area contributed by atoms with Crippen molar-refractivity contribution in [2.75, 3.05) is 17.7 Å². The topological polar surface area (TPSA) is 29.3 Å². The van der Waals surface area contributed by atoms with Crippen LogP contribution in [0.4, 0.5) is 21.5 Å². The fraction of sp³-hybridized carbons (Fsp3) is 0.0769. The van der Waals surface area contributed by atoms with Gasteiger partial charge in [0, 0.05) is 11.5 Å². The monoisotopic (exact) mass is 294 g/mol. The van der Waals surface area contributed by atoms with E-state index in [1.54, 1.807) is 36.2 Å². The Morgan fingerprint density at radius 1 is 1.12 bits per heavy atom. The lowest BCUT2D eigenvalue weighted by Gasteiger charge is -2.22. The largest absolute Gasteiger partial charge is 0.397 e. The van der Waals surface area contributed by atoms with Crippen molar-refractivity contribution in [3.63, 3.8) is 0 Å². The third kappa shape index (κ3) is 2.42. The average Bonchev–Trinajstić information content (AvgIpc) is 2.32. The Balaban J connectivity index is 2.47. The van der Waals surface area contributed by atoms with Crippen LogP contribution in [-0.2, 0) is 0 Å². The number of hydrogen-bond donors (Lipinski definition) is 1. The second-order valence-corrected chi connectivity index (χ2v) is 4.63. The number of nitrogen functional groups attached to an aromatic ring is 1. The molecule has 0 saturated carbocycles. The van der Waals surface area contributed by atoms with E-state index in [1.165, 1.54) is 6.07 Å². The minimum Gasteiger partial charge on any atom is -0.397 e. The molecule has 2 nitrogen and oxygen atoms in total. The van der Waals surface area contributed by atoms with E-state index in [1.807, 2.05) is 12.1 Å². The lowest BCUT2D eigenvalue weighted by Crippen LogP contribution is -2.13. The molecule has 2 N–H and O–H groups in total. The number of nitrogens with two attached hydrogens (primary N) is 1. The maximum Gasteiger partial charge on any atom is 0.146 e. The third-order valence-corrected chi connectivity index (χ3v) is 3.06. The smallest absolute Gasteiger partial charge is 0.146 e. The molecular formula is C13H12BrFN2. The second-order valence-electron chi connectivity index (χ2n) is 3.71. The van der Waals surface area contributed by atoms with Crippen LogP contribution in [0.1, 0.15) is 0 Å². The number of benzene rings is 2. The number of anilines is 3. The van der Waals surface area contributed by atoms with Crippen molar-refractivity contribution in [1.82, 2.24) is 0 Å². The Kier molecular flexibility index (Phi) is 3.33. The van der Waals surface area contributed by atoms with Crippen LogP contribution in [0.5, 0.6) is 0 Å². The van der Waals surface area contributed by atoms with Crippen molar-refractivity contribution in [2.24, 2.45) is 0 Å². The molecule has 0 aliphatic rings. The Morgan fingerprint density at radius 2 is 1.82 bits per heavy atom.